The number of rotatable bonds is 5. The molecule has 4 N–H and O–H groups in total. The summed E-state index contributed by atoms with van der Waals surface area (Å²) in [6.07, 6.45) is 3.80. The lowest BCUT2D eigenvalue weighted by molar-refractivity contribution is 0.845. The van der Waals surface area contributed by atoms with Gasteiger partial charge >= 0.3 is 0 Å². The van der Waals surface area contributed by atoms with Gasteiger partial charge in [0.1, 0.15) is 16.6 Å². The summed E-state index contributed by atoms with van der Waals surface area (Å²) in [5.41, 5.74) is 2.54. The standard InChI is InChI=1S/C11H16N6S2/c1-6-5-13-10(19-6)7(2)14-8-4-9(17-12)16-11(15-8)18-3/h4-5,7H,12H2,1-3H3,(H2,14,15,16,17). The van der Waals surface area contributed by atoms with Gasteiger partial charge in [0.05, 0.1) is 6.04 Å². The molecule has 1 unspecified atom stereocenters. The van der Waals surface area contributed by atoms with Gasteiger partial charge in [0.15, 0.2) is 5.16 Å². The second-order valence-corrected chi connectivity index (χ2v) is 5.98. The molecule has 0 aliphatic rings. The molecule has 2 heterocycles. The summed E-state index contributed by atoms with van der Waals surface area (Å²) in [6.45, 7) is 4.09. The summed E-state index contributed by atoms with van der Waals surface area (Å²) < 4.78 is 0. The summed E-state index contributed by atoms with van der Waals surface area (Å²) in [4.78, 5) is 14.2. The Morgan fingerprint density at radius 3 is 2.68 bits per heavy atom. The highest BCUT2D eigenvalue weighted by Gasteiger charge is 2.11. The Labute approximate surface area is 120 Å². The summed E-state index contributed by atoms with van der Waals surface area (Å²) in [7, 11) is 0. The van der Waals surface area contributed by atoms with Crippen molar-refractivity contribution in [1.82, 2.24) is 15.0 Å². The van der Waals surface area contributed by atoms with Gasteiger partial charge in [0, 0.05) is 17.1 Å². The first-order valence-electron chi connectivity index (χ1n) is 5.71. The van der Waals surface area contributed by atoms with E-state index < -0.39 is 0 Å². The maximum absolute atomic E-state index is 5.40. The third kappa shape index (κ3) is 3.55. The molecule has 2 aromatic rings. The summed E-state index contributed by atoms with van der Waals surface area (Å²) in [5, 5.41) is 5.01. The Hall–Kier alpha value is -1.38. The fourth-order valence-electron chi connectivity index (χ4n) is 1.52. The number of nitrogens with zero attached hydrogens (tertiary/aromatic N) is 3. The molecule has 19 heavy (non-hydrogen) atoms. The lowest BCUT2D eigenvalue weighted by atomic mass is 10.3. The van der Waals surface area contributed by atoms with Crippen molar-refractivity contribution >= 4 is 34.7 Å². The van der Waals surface area contributed by atoms with Crippen LogP contribution in [0.2, 0.25) is 0 Å². The molecular formula is C11H16N6S2. The van der Waals surface area contributed by atoms with Crippen LogP contribution in [0.3, 0.4) is 0 Å². The number of hydrazine groups is 1. The molecule has 0 aliphatic carbocycles. The van der Waals surface area contributed by atoms with Crippen molar-refractivity contribution < 1.29 is 0 Å². The Morgan fingerprint density at radius 1 is 1.37 bits per heavy atom. The van der Waals surface area contributed by atoms with Crippen molar-refractivity contribution in [1.29, 1.82) is 0 Å². The number of nitrogens with two attached hydrogens (primary N) is 1. The van der Waals surface area contributed by atoms with Crippen LogP contribution in [0.4, 0.5) is 11.6 Å². The fraction of sp³-hybridized carbons (Fsp3) is 0.364. The van der Waals surface area contributed by atoms with Gasteiger partial charge in [-0.05, 0) is 20.1 Å². The predicted molar refractivity (Wildman–Crippen MR) is 80.5 cm³/mol. The van der Waals surface area contributed by atoms with E-state index in [1.165, 1.54) is 16.6 Å². The third-order valence-corrected chi connectivity index (χ3v) is 4.05. The first kappa shape index (κ1) is 14.0. The molecule has 0 bridgehead atoms. The molecule has 0 aliphatic heterocycles. The highest BCUT2D eigenvalue weighted by Crippen LogP contribution is 2.24. The number of nitrogen functional groups attached to an aromatic ring is 1. The number of thiazole rings is 1. The number of hydrogen-bond donors (Lipinski definition) is 3. The minimum Gasteiger partial charge on any atom is -0.361 e. The predicted octanol–water partition coefficient (Wildman–Crippen LogP) is 2.42. The van der Waals surface area contributed by atoms with Gasteiger partial charge in [-0.25, -0.2) is 20.8 Å². The van der Waals surface area contributed by atoms with E-state index in [0.717, 1.165) is 10.8 Å². The van der Waals surface area contributed by atoms with Crippen molar-refractivity contribution in [3.63, 3.8) is 0 Å². The molecule has 0 aromatic carbocycles. The SMILES string of the molecule is CSc1nc(NN)cc(NC(C)c2ncc(C)s2)n1. The van der Waals surface area contributed by atoms with Crippen LogP contribution >= 0.6 is 23.1 Å². The molecule has 2 rings (SSSR count). The van der Waals surface area contributed by atoms with Crippen molar-refractivity contribution in [3.8, 4) is 0 Å². The van der Waals surface area contributed by atoms with Gasteiger partial charge in [0.25, 0.3) is 0 Å². The highest BCUT2D eigenvalue weighted by atomic mass is 32.2. The van der Waals surface area contributed by atoms with Gasteiger partial charge in [0.2, 0.25) is 0 Å². The first-order chi connectivity index (χ1) is 9.12. The number of aromatic nitrogens is 3. The van der Waals surface area contributed by atoms with E-state index in [1.807, 2.05) is 19.4 Å². The van der Waals surface area contributed by atoms with E-state index in [0.29, 0.717) is 11.0 Å². The zero-order valence-corrected chi connectivity index (χ0v) is 12.6. The second kappa shape index (κ2) is 6.18. The van der Waals surface area contributed by atoms with Gasteiger partial charge in [-0.1, -0.05) is 11.8 Å². The molecule has 0 amide bonds. The molecule has 0 radical (unpaired) electrons. The van der Waals surface area contributed by atoms with E-state index in [2.05, 4.69) is 32.6 Å². The Bertz CT molecular complexity index is 534. The quantitative estimate of drug-likeness (QED) is 0.338. The van der Waals surface area contributed by atoms with E-state index >= 15 is 0 Å². The summed E-state index contributed by atoms with van der Waals surface area (Å²) in [5.74, 6) is 6.72. The maximum Gasteiger partial charge on any atom is 0.191 e. The van der Waals surface area contributed by atoms with Crippen LogP contribution in [0.25, 0.3) is 0 Å². The monoisotopic (exact) mass is 296 g/mol. The Balaban J connectivity index is 2.18. The Morgan fingerprint density at radius 2 is 2.11 bits per heavy atom. The molecule has 6 nitrogen and oxygen atoms in total. The number of aryl methyl sites for hydroxylation is 1. The van der Waals surface area contributed by atoms with Crippen molar-refractivity contribution in [2.24, 2.45) is 5.84 Å². The van der Waals surface area contributed by atoms with E-state index in [1.54, 1.807) is 17.4 Å². The van der Waals surface area contributed by atoms with Gasteiger partial charge < -0.3 is 10.7 Å². The van der Waals surface area contributed by atoms with E-state index in [4.69, 9.17) is 5.84 Å². The van der Waals surface area contributed by atoms with Gasteiger partial charge in [-0.3, -0.25) is 0 Å². The molecule has 1 atom stereocenters. The van der Waals surface area contributed by atoms with E-state index in [9.17, 15) is 0 Å². The number of thioether (sulfide) groups is 1. The summed E-state index contributed by atoms with van der Waals surface area (Å²) in [6, 6.07) is 1.87. The molecular weight excluding hydrogens is 280 g/mol. The van der Waals surface area contributed by atoms with E-state index in [-0.39, 0.29) is 6.04 Å². The van der Waals surface area contributed by atoms with Crippen LogP contribution in [0, 0.1) is 6.92 Å². The second-order valence-electron chi connectivity index (χ2n) is 3.94. The number of anilines is 2. The van der Waals surface area contributed by atoms with Crippen LogP contribution in [-0.4, -0.2) is 21.2 Å². The normalized spacial score (nSPS) is 12.2. The molecule has 0 saturated heterocycles. The molecule has 0 saturated carbocycles. The van der Waals surface area contributed by atoms with Gasteiger partial charge in [-0.2, -0.15) is 0 Å². The van der Waals surface area contributed by atoms with Crippen LogP contribution in [0.1, 0.15) is 22.9 Å². The largest absolute Gasteiger partial charge is 0.361 e. The van der Waals surface area contributed by atoms with Crippen LogP contribution < -0.4 is 16.6 Å². The zero-order valence-electron chi connectivity index (χ0n) is 11.0. The lowest BCUT2D eigenvalue weighted by Gasteiger charge is -2.13. The minimum atomic E-state index is 0.0916. The van der Waals surface area contributed by atoms with Gasteiger partial charge in [-0.15, -0.1) is 11.3 Å². The first-order valence-corrected chi connectivity index (χ1v) is 7.75. The Kier molecular flexibility index (Phi) is 4.56. The van der Waals surface area contributed by atoms with Crippen LogP contribution in [0.15, 0.2) is 17.4 Å². The number of nitrogens with one attached hydrogen (secondary N) is 2. The minimum absolute atomic E-state index is 0.0916. The molecule has 102 valence electrons. The zero-order chi connectivity index (χ0) is 13.8. The fourth-order valence-corrected chi connectivity index (χ4v) is 2.68. The van der Waals surface area contributed by atoms with Crippen LogP contribution in [-0.2, 0) is 0 Å². The maximum atomic E-state index is 5.40. The topological polar surface area (TPSA) is 88.8 Å². The van der Waals surface area contributed by atoms with Crippen molar-refractivity contribution in [2.75, 3.05) is 17.0 Å². The highest BCUT2D eigenvalue weighted by molar-refractivity contribution is 7.98. The average Bonchev–Trinajstić information content (AvgIpc) is 2.85. The third-order valence-electron chi connectivity index (χ3n) is 2.41. The smallest absolute Gasteiger partial charge is 0.191 e. The molecule has 8 heteroatoms. The van der Waals surface area contributed by atoms with Crippen molar-refractivity contribution in [2.45, 2.75) is 25.0 Å². The van der Waals surface area contributed by atoms with Crippen LogP contribution in [0.5, 0.6) is 0 Å². The lowest BCUT2D eigenvalue weighted by Crippen LogP contribution is -2.12. The average molecular weight is 296 g/mol. The molecule has 0 spiro atoms. The van der Waals surface area contributed by atoms with Crippen molar-refractivity contribution in [3.05, 3.63) is 22.1 Å². The summed E-state index contributed by atoms with van der Waals surface area (Å²) >= 11 is 3.14. The molecule has 0 fully saturated rings. The number of hydrogen-bond acceptors (Lipinski definition) is 8. The molecule has 2 aromatic heterocycles.